The molecule has 4 heterocycles. The lowest BCUT2D eigenvalue weighted by Crippen LogP contribution is -2.24. The maximum absolute atomic E-state index is 12.6. The summed E-state index contributed by atoms with van der Waals surface area (Å²) in [5, 5.41) is 4.59. The summed E-state index contributed by atoms with van der Waals surface area (Å²) in [7, 11) is 0. The Balaban J connectivity index is 1.61. The van der Waals surface area contributed by atoms with Gasteiger partial charge in [0.2, 0.25) is 0 Å². The summed E-state index contributed by atoms with van der Waals surface area (Å²) in [6.45, 7) is 2.47. The summed E-state index contributed by atoms with van der Waals surface area (Å²) >= 11 is 0. The molecule has 25 heavy (non-hydrogen) atoms. The van der Waals surface area contributed by atoms with Gasteiger partial charge in [-0.25, -0.2) is 0 Å². The van der Waals surface area contributed by atoms with Crippen LogP contribution < -0.4 is 5.32 Å². The first-order valence-electron chi connectivity index (χ1n) is 8.21. The Kier molecular flexibility index (Phi) is 3.95. The molecule has 0 amide bonds. The average Bonchev–Trinajstić information content (AvgIpc) is 2.94. The molecule has 0 saturated carbocycles. The number of hydrogen-bond acceptors (Lipinski definition) is 3. The molecule has 0 fully saturated rings. The Morgan fingerprint density at radius 3 is 2.80 bits per heavy atom. The highest BCUT2D eigenvalue weighted by Crippen LogP contribution is 2.29. The number of halogens is 3. The number of pyridine rings is 2. The van der Waals surface area contributed by atoms with Crippen LogP contribution in [0.25, 0.3) is 10.9 Å². The minimum atomic E-state index is -4.40. The van der Waals surface area contributed by atoms with Gasteiger partial charge in [0.05, 0.1) is 11.7 Å². The molecule has 0 saturated heterocycles. The predicted octanol–water partition coefficient (Wildman–Crippen LogP) is 3.34. The molecule has 7 heteroatoms. The van der Waals surface area contributed by atoms with Crippen molar-refractivity contribution in [3.05, 3.63) is 59.3 Å². The number of aryl methyl sites for hydroxylation is 2. The van der Waals surface area contributed by atoms with Crippen LogP contribution in [0.5, 0.6) is 0 Å². The standard InChI is InChI=1S/C18H17F3N4/c19-18(20,21)17-2-1-12(9-24-17)5-8-25-15-4-7-22-10-14(15)13-3-6-23-11-16(13)25/h1-3,6,9,11,22H,4-5,7-8,10H2. The highest BCUT2D eigenvalue weighted by atomic mass is 19.4. The Labute approximate surface area is 142 Å². The monoisotopic (exact) mass is 346 g/mol. The fourth-order valence-electron chi connectivity index (χ4n) is 3.46. The number of hydrogen-bond donors (Lipinski definition) is 1. The van der Waals surface area contributed by atoms with Crippen molar-refractivity contribution in [2.24, 2.45) is 0 Å². The van der Waals surface area contributed by atoms with Gasteiger partial charge in [0.1, 0.15) is 5.69 Å². The van der Waals surface area contributed by atoms with Crippen LogP contribution in [0.3, 0.4) is 0 Å². The van der Waals surface area contributed by atoms with Crippen LogP contribution in [0.1, 0.15) is 22.5 Å². The van der Waals surface area contributed by atoms with Crippen molar-refractivity contribution in [2.75, 3.05) is 6.54 Å². The second-order valence-corrected chi connectivity index (χ2v) is 6.20. The van der Waals surface area contributed by atoms with Crippen molar-refractivity contribution >= 4 is 10.9 Å². The van der Waals surface area contributed by atoms with Gasteiger partial charge < -0.3 is 9.88 Å². The van der Waals surface area contributed by atoms with Crippen molar-refractivity contribution in [2.45, 2.75) is 32.1 Å². The Bertz CT molecular complexity index is 897. The van der Waals surface area contributed by atoms with E-state index in [1.54, 1.807) is 6.20 Å². The highest BCUT2D eigenvalue weighted by molar-refractivity contribution is 5.85. The molecule has 3 aromatic rings. The van der Waals surface area contributed by atoms with Gasteiger partial charge in [-0.15, -0.1) is 0 Å². The number of fused-ring (bicyclic) bond motifs is 3. The first-order valence-corrected chi connectivity index (χ1v) is 8.21. The maximum Gasteiger partial charge on any atom is 0.433 e. The molecule has 0 atom stereocenters. The topological polar surface area (TPSA) is 42.7 Å². The van der Waals surface area contributed by atoms with Crippen LogP contribution in [0, 0.1) is 0 Å². The minimum absolute atomic E-state index is 0.629. The van der Waals surface area contributed by atoms with Gasteiger partial charge in [0.25, 0.3) is 0 Å². The third kappa shape index (κ3) is 3.00. The largest absolute Gasteiger partial charge is 0.433 e. The van der Waals surface area contributed by atoms with Gasteiger partial charge in [0, 0.05) is 49.5 Å². The van der Waals surface area contributed by atoms with Crippen LogP contribution in [-0.4, -0.2) is 21.1 Å². The molecule has 0 aliphatic carbocycles. The molecule has 0 radical (unpaired) electrons. The van der Waals surface area contributed by atoms with Gasteiger partial charge in [-0.3, -0.25) is 9.97 Å². The zero-order valence-corrected chi connectivity index (χ0v) is 13.5. The number of alkyl halides is 3. The quantitative estimate of drug-likeness (QED) is 0.791. The number of nitrogens with one attached hydrogen (secondary N) is 1. The predicted molar refractivity (Wildman–Crippen MR) is 88.1 cm³/mol. The lowest BCUT2D eigenvalue weighted by molar-refractivity contribution is -0.141. The summed E-state index contributed by atoms with van der Waals surface area (Å²) in [5.41, 5.74) is 3.61. The molecule has 0 aromatic carbocycles. The van der Waals surface area contributed by atoms with E-state index in [-0.39, 0.29) is 0 Å². The summed E-state index contributed by atoms with van der Waals surface area (Å²) in [6, 6.07) is 4.58. The fraction of sp³-hybridized carbons (Fsp3) is 0.333. The molecule has 4 nitrogen and oxygen atoms in total. The van der Waals surface area contributed by atoms with Crippen molar-refractivity contribution in [1.29, 1.82) is 0 Å². The number of rotatable bonds is 3. The Morgan fingerprint density at radius 2 is 2.04 bits per heavy atom. The van der Waals surface area contributed by atoms with E-state index in [2.05, 4.69) is 19.9 Å². The van der Waals surface area contributed by atoms with Crippen molar-refractivity contribution in [1.82, 2.24) is 19.9 Å². The molecule has 0 spiro atoms. The van der Waals surface area contributed by atoms with E-state index < -0.39 is 11.9 Å². The second-order valence-electron chi connectivity index (χ2n) is 6.20. The van der Waals surface area contributed by atoms with E-state index in [0.717, 1.165) is 36.7 Å². The SMILES string of the molecule is FC(F)(F)c1ccc(CCn2c3c(c4ccncc42)CNCC3)cn1. The van der Waals surface area contributed by atoms with E-state index in [1.165, 1.54) is 28.9 Å². The first-order chi connectivity index (χ1) is 12.0. The van der Waals surface area contributed by atoms with E-state index >= 15 is 0 Å². The molecule has 3 aromatic heterocycles. The van der Waals surface area contributed by atoms with Gasteiger partial charge in [-0.05, 0) is 29.7 Å². The zero-order chi connectivity index (χ0) is 17.4. The fourth-order valence-corrected chi connectivity index (χ4v) is 3.46. The first kappa shape index (κ1) is 16.1. The van der Waals surface area contributed by atoms with Crippen molar-refractivity contribution in [3.8, 4) is 0 Å². The van der Waals surface area contributed by atoms with Gasteiger partial charge in [-0.2, -0.15) is 13.2 Å². The van der Waals surface area contributed by atoms with Crippen molar-refractivity contribution in [3.63, 3.8) is 0 Å². The summed E-state index contributed by atoms with van der Waals surface area (Å²) in [5.74, 6) is 0. The van der Waals surface area contributed by atoms with Crippen LogP contribution in [-0.2, 0) is 32.1 Å². The lowest BCUT2D eigenvalue weighted by Gasteiger charge is -2.17. The van der Waals surface area contributed by atoms with Crippen LogP contribution in [0.4, 0.5) is 13.2 Å². The molecule has 1 N–H and O–H groups in total. The average molecular weight is 346 g/mol. The Morgan fingerprint density at radius 1 is 1.16 bits per heavy atom. The van der Waals surface area contributed by atoms with E-state index in [4.69, 9.17) is 0 Å². The molecule has 0 unspecified atom stereocenters. The number of aromatic nitrogens is 3. The molecule has 130 valence electrons. The Hall–Kier alpha value is -2.41. The third-order valence-electron chi connectivity index (χ3n) is 4.67. The van der Waals surface area contributed by atoms with E-state index in [9.17, 15) is 13.2 Å². The van der Waals surface area contributed by atoms with Gasteiger partial charge in [-0.1, -0.05) is 6.07 Å². The molecule has 0 bridgehead atoms. The molecule has 1 aliphatic rings. The molecule has 4 rings (SSSR count). The summed E-state index contributed by atoms with van der Waals surface area (Å²) < 4.78 is 40.1. The smallest absolute Gasteiger partial charge is 0.343 e. The summed E-state index contributed by atoms with van der Waals surface area (Å²) in [4.78, 5) is 7.78. The highest BCUT2D eigenvalue weighted by Gasteiger charge is 2.32. The van der Waals surface area contributed by atoms with E-state index in [1.807, 2.05) is 12.3 Å². The van der Waals surface area contributed by atoms with Crippen molar-refractivity contribution < 1.29 is 13.2 Å². The maximum atomic E-state index is 12.6. The second kappa shape index (κ2) is 6.15. The molecular weight excluding hydrogens is 329 g/mol. The third-order valence-corrected chi connectivity index (χ3v) is 4.67. The summed E-state index contributed by atoms with van der Waals surface area (Å²) in [6.07, 6.45) is 2.15. The lowest BCUT2D eigenvalue weighted by atomic mass is 10.1. The molecular formula is C18H17F3N4. The minimum Gasteiger partial charge on any atom is -0.343 e. The van der Waals surface area contributed by atoms with Crippen LogP contribution in [0.15, 0.2) is 36.8 Å². The van der Waals surface area contributed by atoms with Gasteiger partial charge >= 0.3 is 6.18 Å². The van der Waals surface area contributed by atoms with Gasteiger partial charge in [0.15, 0.2) is 0 Å². The normalized spacial score (nSPS) is 14.7. The van der Waals surface area contributed by atoms with Crippen LogP contribution in [0.2, 0.25) is 0 Å². The van der Waals surface area contributed by atoms with Crippen LogP contribution >= 0.6 is 0 Å². The zero-order valence-electron chi connectivity index (χ0n) is 13.5. The molecule has 1 aliphatic heterocycles. The van der Waals surface area contributed by atoms with E-state index in [0.29, 0.717) is 13.0 Å². The number of nitrogens with zero attached hydrogens (tertiary/aromatic N) is 3.